The summed E-state index contributed by atoms with van der Waals surface area (Å²) in [4.78, 5) is 2.59. The fourth-order valence-corrected chi connectivity index (χ4v) is 2.34. The van der Waals surface area contributed by atoms with Gasteiger partial charge in [-0.15, -0.1) is 12.3 Å². The van der Waals surface area contributed by atoms with Crippen molar-refractivity contribution in [2.24, 2.45) is 5.92 Å². The van der Waals surface area contributed by atoms with Gasteiger partial charge in [-0.2, -0.15) is 0 Å². The van der Waals surface area contributed by atoms with Crippen LogP contribution in [0.15, 0.2) is 0 Å². The summed E-state index contributed by atoms with van der Waals surface area (Å²) in [7, 11) is 0. The van der Waals surface area contributed by atoms with Crippen molar-refractivity contribution in [2.45, 2.75) is 45.6 Å². The van der Waals surface area contributed by atoms with Gasteiger partial charge in [0.25, 0.3) is 0 Å². The third kappa shape index (κ3) is 5.01. The molecule has 1 rings (SSSR count). The van der Waals surface area contributed by atoms with Crippen LogP contribution in [0, 0.1) is 18.3 Å². The molecule has 1 fully saturated rings. The number of nitrogens with one attached hydrogen (secondary N) is 1. The first-order valence-corrected chi connectivity index (χ1v) is 6.62. The molecule has 1 N–H and O–H groups in total. The van der Waals surface area contributed by atoms with Crippen molar-refractivity contribution in [1.29, 1.82) is 0 Å². The fourth-order valence-electron chi connectivity index (χ4n) is 2.34. The lowest BCUT2D eigenvalue weighted by Gasteiger charge is -2.32. The molecule has 0 amide bonds. The van der Waals surface area contributed by atoms with Crippen molar-refractivity contribution in [3.63, 3.8) is 0 Å². The van der Waals surface area contributed by atoms with Crippen molar-refractivity contribution in [3.8, 4) is 12.3 Å². The largest absolute Gasteiger partial charge is 0.317 e. The van der Waals surface area contributed by atoms with E-state index in [2.05, 4.69) is 30.0 Å². The van der Waals surface area contributed by atoms with E-state index in [0.717, 1.165) is 25.3 Å². The quantitative estimate of drug-likeness (QED) is 0.547. The van der Waals surface area contributed by atoms with E-state index in [1.807, 2.05) is 0 Å². The van der Waals surface area contributed by atoms with Gasteiger partial charge in [0, 0.05) is 19.0 Å². The van der Waals surface area contributed by atoms with E-state index in [9.17, 15) is 0 Å². The molecule has 0 unspecified atom stereocenters. The third-order valence-corrected chi connectivity index (χ3v) is 3.45. The summed E-state index contributed by atoms with van der Waals surface area (Å²) in [6.45, 7) is 9.38. The number of unbranched alkanes of at least 4 members (excludes halogenated alkanes) is 1. The van der Waals surface area contributed by atoms with Crippen molar-refractivity contribution >= 4 is 0 Å². The molecule has 0 bridgehead atoms. The molecule has 2 heteroatoms. The van der Waals surface area contributed by atoms with Crippen molar-refractivity contribution in [3.05, 3.63) is 0 Å². The van der Waals surface area contributed by atoms with E-state index in [-0.39, 0.29) is 0 Å². The van der Waals surface area contributed by atoms with Crippen LogP contribution in [0.3, 0.4) is 0 Å². The van der Waals surface area contributed by atoms with Gasteiger partial charge in [0.15, 0.2) is 0 Å². The van der Waals surface area contributed by atoms with Crippen LogP contribution < -0.4 is 5.32 Å². The van der Waals surface area contributed by atoms with Crippen molar-refractivity contribution < 1.29 is 0 Å². The molecule has 0 aromatic heterocycles. The minimum absolute atomic E-state index is 0.646. The maximum atomic E-state index is 5.30. The Hall–Kier alpha value is -0.520. The lowest BCUT2D eigenvalue weighted by Crippen LogP contribution is -2.39. The molecule has 2 nitrogen and oxygen atoms in total. The molecule has 0 atom stereocenters. The highest BCUT2D eigenvalue weighted by molar-refractivity contribution is 4.84. The van der Waals surface area contributed by atoms with Gasteiger partial charge in [0.2, 0.25) is 0 Å². The zero-order chi connectivity index (χ0) is 11.8. The van der Waals surface area contributed by atoms with Gasteiger partial charge in [0.05, 0.1) is 0 Å². The van der Waals surface area contributed by atoms with Crippen LogP contribution in [0.25, 0.3) is 0 Å². The Morgan fingerprint density at radius 1 is 1.38 bits per heavy atom. The first kappa shape index (κ1) is 13.5. The van der Waals surface area contributed by atoms with Crippen LogP contribution in [-0.4, -0.2) is 37.1 Å². The number of rotatable bonds is 6. The molecule has 0 aromatic rings. The molecule has 0 aliphatic carbocycles. The average molecular weight is 222 g/mol. The van der Waals surface area contributed by atoms with Gasteiger partial charge >= 0.3 is 0 Å². The highest BCUT2D eigenvalue weighted by Crippen LogP contribution is 2.15. The Balaban J connectivity index is 2.29. The lowest BCUT2D eigenvalue weighted by molar-refractivity contribution is 0.168. The zero-order valence-electron chi connectivity index (χ0n) is 10.8. The summed E-state index contributed by atoms with van der Waals surface area (Å²) in [6, 6.07) is 0.646. The summed E-state index contributed by atoms with van der Waals surface area (Å²) in [5, 5.41) is 3.42. The second kappa shape index (κ2) is 7.70. The summed E-state index contributed by atoms with van der Waals surface area (Å²) in [6.07, 6.45) is 10.0. The summed E-state index contributed by atoms with van der Waals surface area (Å²) in [5.41, 5.74) is 0. The standard InChI is InChI=1S/C14H26N2/c1-4-5-6-11-16(13(2)3)12-14-7-9-15-10-8-14/h1,13-15H,5-12H2,2-3H3. The first-order chi connectivity index (χ1) is 7.74. The Morgan fingerprint density at radius 2 is 2.06 bits per heavy atom. The topological polar surface area (TPSA) is 15.3 Å². The van der Waals surface area contributed by atoms with Crippen LogP contribution in [0.1, 0.15) is 39.5 Å². The van der Waals surface area contributed by atoms with E-state index in [0.29, 0.717) is 6.04 Å². The molecule has 1 aliphatic heterocycles. The fraction of sp³-hybridized carbons (Fsp3) is 0.857. The van der Waals surface area contributed by atoms with E-state index >= 15 is 0 Å². The monoisotopic (exact) mass is 222 g/mol. The number of terminal acetylenes is 1. The maximum Gasteiger partial charge on any atom is 0.00982 e. The van der Waals surface area contributed by atoms with Gasteiger partial charge in [-0.05, 0) is 58.7 Å². The van der Waals surface area contributed by atoms with E-state index in [4.69, 9.17) is 6.42 Å². The normalized spacial score (nSPS) is 17.9. The molecule has 16 heavy (non-hydrogen) atoms. The lowest BCUT2D eigenvalue weighted by atomic mass is 9.97. The Labute approximate surface area is 101 Å². The second-order valence-corrected chi connectivity index (χ2v) is 5.09. The Bertz CT molecular complexity index is 211. The molecular weight excluding hydrogens is 196 g/mol. The molecule has 1 saturated heterocycles. The highest BCUT2D eigenvalue weighted by atomic mass is 15.1. The van der Waals surface area contributed by atoms with E-state index in [1.165, 1.54) is 32.5 Å². The van der Waals surface area contributed by atoms with Gasteiger partial charge in [-0.3, -0.25) is 0 Å². The van der Waals surface area contributed by atoms with Crippen LogP contribution in [0.2, 0.25) is 0 Å². The van der Waals surface area contributed by atoms with Gasteiger partial charge in [-0.25, -0.2) is 0 Å². The van der Waals surface area contributed by atoms with Crippen LogP contribution in [0.4, 0.5) is 0 Å². The average Bonchev–Trinajstić information content (AvgIpc) is 2.29. The number of nitrogens with zero attached hydrogens (tertiary/aromatic N) is 1. The molecule has 1 aliphatic rings. The van der Waals surface area contributed by atoms with Crippen molar-refractivity contribution in [2.75, 3.05) is 26.2 Å². The number of hydrogen-bond donors (Lipinski definition) is 1. The SMILES string of the molecule is C#CCCCN(CC1CCNCC1)C(C)C. The minimum Gasteiger partial charge on any atom is -0.317 e. The van der Waals surface area contributed by atoms with E-state index < -0.39 is 0 Å². The summed E-state index contributed by atoms with van der Waals surface area (Å²) in [5.74, 6) is 3.61. The van der Waals surface area contributed by atoms with Crippen LogP contribution >= 0.6 is 0 Å². The van der Waals surface area contributed by atoms with Gasteiger partial charge in [0.1, 0.15) is 0 Å². The van der Waals surface area contributed by atoms with Crippen molar-refractivity contribution in [1.82, 2.24) is 10.2 Å². The Morgan fingerprint density at radius 3 is 2.62 bits per heavy atom. The maximum absolute atomic E-state index is 5.30. The Kier molecular flexibility index (Phi) is 6.52. The van der Waals surface area contributed by atoms with Crippen LogP contribution in [0.5, 0.6) is 0 Å². The molecule has 0 radical (unpaired) electrons. The second-order valence-electron chi connectivity index (χ2n) is 5.09. The van der Waals surface area contributed by atoms with Gasteiger partial charge in [-0.1, -0.05) is 0 Å². The molecule has 0 spiro atoms. The smallest absolute Gasteiger partial charge is 0.00982 e. The number of hydrogen-bond acceptors (Lipinski definition) is 2. The molecule has 1 heterocycles. The molecule has 92 valence electrons. The third-order valence-electron chi connectivity index (χ3n) is 3.45. The predicted octanol–water partition coefficient (Wildman–Crippen LogP) is 2.11. The molecule has 0 aromatic carbocycles. The molecular formula is C14H26N2. The van der Waals surface area contributed by atoms with E-state index in [1.54, 1.807) is 0 Å². The first-order valence-electron chi connectivity index (χ1n) is 6.62. The predicted molar refractivity (Wildman–Crippen MR) is 70.4 cm³/mol. The van der Waals surface area contributed by atoms with Crippen LogP contribution in [-0.2, 0) is 0 Å². The highest BCUT2D eigenvalue weighted by Gasteiger charge is 2.18. The summed E-state index contributed by atoms with van der Waals surface area (Å²) < 4.78 is 0. The zero-order valence-corrected chi connectivity index (χ0v) is 10.8. The van der Waals surface area contributed by atoms with Gasteiger partial charge < -0.3 is 10.2 Å². The summed E-state index contributed by atoms with van der Waals surface area (Å²) >= 11 is 0. The molecule has 0 saturated carbocycles. The number of piperidine rings is 1. The minimum atomic E-state index is 0.646.